The van der Waals surface area contributed by atoms with E-state index < -0.39 is 17.4 Å². The fraction of sp³-hybridized carbons (Fsp3) is 0.308. The van der Waals surface area contributed by atoms with Gasteiger partial charge in [-0.15, -0.1) is 0 Å². The fourth-order valence-electron chi connectivity index (χ4n) is 4.22. The number of esters is 1. The first-order chi connectivity index (χ1) is 16.2. The lowest BCUT2D eigenvalue weighted by Gasteiger charge is -2.43. The summed E-state index contributed by atoms with van der Waals surface area (Å²) in [4.78, 5) is 45.3. The van der Waals surface area contributed by atoms with Crippen molar-refractivity contribution in [3.05, 3.63) is 82.4 Å². The molecule has 0 spiro atoms. The first-order valence-electron chi connectivity index (χ1n) is 11.0. The quantitative estimate of drug-likeness (QED) is 0.590. The summed E-state index contributed by atoms with van der Waals surface area (Å²) in [6, 6.07) is 13.5. The number of imidazole rings is 1. The zero-order valence-corrected chi connectivity index (χ0v) is 20.0. The molecule has 1 atom stereocenters. The number of rotatable bonds is 5. The molecule has 2 heterocycles. The molecule has 8 heteroatoms. The van der Waals surface area contributed by atoms with E-state index in [9.17, 15) is 14.4 Å². The van der Waals surface area contributed by atoms with Crippen LogP contribution in [0.1, 0.15) is 50.2 Å². The summed E-state index contributed by atoms with van der Waals surface area (Å²) in [5.74, 6) is -1.49. The van der Waals surface area contributed by atoms with E-state index in [0.717, 1.165) is 22.3 Å². The zero-order chi connectivity index (χ0) is 24.6. The summed E-state index contributed by atoms with van der Waals surface area (Å²) in [7, 11) is 1.24. The number of carbonyl (C=O) groups is 3. The number of hydrogen-bond donors (Lipinski definition) is 1. The van der Waals surface area contributed by atoms with Gasteiger partial charge in [-0.1, -0.05) is 35.9 Å². The lowest BCUT2D eigenvalue weighted by molar-refractivity contribution is -0.126. The molecular formula is C26H28N4O4. The Kier molecular flexibility index (Phi) is 6.00. The second-order valence-electron chi connectivity index (χ2n) is 8.91. The third kappa shape index (κ3) is 3.96. The van der Waals surface area contributed by atoms with Crippen molar-refractivity contribution in [1.29, 1.82) is 0 Å². The molecule has 8 nitrogen and oxygen atoms in total. The highest BCUT2D eigenvalue weighted by Gasteiger charge is 2.49. The van der Waals surface area contributed by atoms with Crippen molar-refractivity contribution in [2.75, 3.05) is 12.0 Å². The van der Waals surface area contributed by atoms with E-state index in [1.54, 1.807) is 11.5 Å². The molecule has 0 aliphatic carbocycles. The van der Waals surface area contributed by atoms with Crippen molar-refractivity contribution in [1.82, 2.24) is 14.9 Å². The molecule has 0 bridgehead atoms. The van der Waals surface area contributed by atoms with Crippen molar-refractivity contribution in [3.8, 4) is 0 Å². The van der Waals surface area contributed by atoms with Crippen LogP contribution < -0.4 is 10.2 Å². The Bertz CT molecular complexity index is 1280. The maximum absolute atomic E-state index is 13.8. The minimum atomic E-state index is -1.26. The maximum atomic E-state index is 13.8. The molecule has 0 saturated carbocycles. The molecule has 0 unspecified atom stereocenters. The maximum Gasteiger partial charge on any atom is 0.359 e. The first kappa shape index (κ1) is 23.2. The van der Waals surface area contributed by atoms with Crippen LogP contribution in [0.2, 0.25) is 0 Å². The van der Waals surface area contributed by atoms with Crippen LogP contribution in [0.5, 0.6) is 0 Å². The monoisotopic (exact) mass is 460 g/mol. The van der Waals surface area contributed by atoms with Gasteiger partial charge in [0.05, 0.1) is 20.0 Å². The lowest BCUT2D eigenvalue weighted by atomic mass is 9.92. The van der Waals surface area contributed by atoms with Gasteiger partial charge < -0.3 is 14.6 Å². The van der Waals surface area contributed by atoms with Crippen LogP contribution >= 0.6 is 0 Å². The molecule has 2 amide bonds. The fourth-order valence-corrected chi connectivity index (χ4v) is 4.22. The second-order valence-corrected chi connectivity index (χ2v) is 8.91. The van der Waals surface area contributed by atoms with E-state index in [4.69, 9.17) is 4.74 Å². The van der Waals surface area contributed by atoms with E-state index in [2.05, 4.69) is 10.3 Å². The number of ether oxygens (including phenoxy) is 1. The molecule has 1 aliphatic heterocycles. The van der Waals surface area contributed by atoms with Gasteiger partial charge in [0.2, 0.25) is 5.91 Å². The summed E-state index contributed by atoms with van der Waals surface area (Å²) < 4.78 is 6.37. The highest BCUT2D eigenvalue weighted by molar-refractivity contribution is 6.15. The molecule has 3 aromatic rings. The van der Waals surface area contributed by atoms with Crippen LogP contribution in [-0.4, -0.2) is 40.0 Å². The van der Waals surface area contributed by atoms with Crippen molar-refractivity contribution in [2.24, 2.45) is 0 Å². The summed E-state index contributed by atoms with van der Waals surface area (Å²) in [6.07, 6.45) is 1.41. The predicted molar refractivity (Wildman–Crippen MR) is 128 cm³/mol. The predicted octanol–water partition coefficient (Wildman–Crippen LogP) is 3.33. The molecule has 0 radical (unpaired) electrons. The smallest absolute Gasteiger partial charge is 0.359 e. The Morgan fingerprint density at radius 1 is 1.09 bits per heavy atom. The van der Waals surface area contributed by atoms with Gasteiger partial charge in [-0.3, -0.25) is 14.5 Å². The number of amides is 2. The third-order valence-corrected chi connectivity index (χ3v) is 6.41. The van der Waals surface area contributed by atoms with Crippen molar-refractivity contribution in [2.45, 2.75) is 46.3 Å². The van der Waals surface area contributed by atoms with Crippen LogP contribution in [-0.2, 0) is 22.6 Å². The molecule has 1 aliphatic rings. The number of carbonyl (C=O) groups excluding carboxylic acids is 3. The van der Waals surface area contributed by atoms with Gasteiger partial charge in [-0.25, -0.2) is 9.78 Å². The van der Waals surface area contributed by atoms with Crippen LogP contribution in [0, 0.1) is 20.8 Å². The number of aromatic nitrogens is 2. The molecule has 0 saturated heterocycles. The number of fused-ring (bicyclic) bond motifs is 1. The average molecular weight is 461 g/mol. The van der Waals surface area contributed by atoms with Crippen LogP contribution in [0.4, 0.5) is 5.69 Å². The van der Waals surface area contributed by atoms with Gasteiger partial charge >= 0.3 is 5.97 Å². The lowest BCUT2D eigenvalue weighted by Crippen LogP contribution is -2.64. The molecule has 2 aromatic carbocycles. The van der Waals surface area contributed by atoms with E-state index >= 15 is 0 Å². The van der Waals surface area contributed by atoms with Gasteiger partial charge in [-0.2, -0.15) is 0 Å². The second kappa shape index (κ2) is 8.78. The molecule has 34 heavy (non-hydrogen) atoms. The summed E-state index contributed by atoms with van der Waals surface area (Å²) in [5.41, 5.74) is 3.50. The summed E-state index contributed by atoms with van der Waals surface area (Å²) in [6.45, 7) is 8.12. The number of methoxy groups -OCH3 is 1. The number of nitrogens with zero attached hydrogens (tertiary/aromatic N) is 3. The zero-order valence-electron chi connectivity index (χ0n) is 20.0. The molecule has 4 rings (SSSR count). The van der Waals surface area contributed by atoms with Crippen LogP contribution in [0.15, 0.2) is 48.8 Å². The number of aryl methyl sites for hydroxylation is 3. The molecule has 1 N–H and O–H groups in total. The average Bonchev–Trinajstić information content (AvgIpc) is 3.24. The van der Waals surface area contributed by atoms with Crippen molar-refractivity contribution in [3.63, 3.8) is 0 Å². The summed E-state index contributed by atoms with van der Waals surface area (Å²) >= 11 is 0. The van der Waals surface area contributed by atoms with E-state index in [0.29, 0.717) is 12.2 Å². The van der Waals surface area contributed by atoms with Gasteiger partial charge in [-0.05, 0) is 56.5 Å². The highest BCUT2D eigenvalue weighted by Crippen LogP contribution is 2.34. The highest BCUT2D eigenvalue weighted by atomic mass is 16.5. The van der Waals surface area contributed by atoms with Crippen molar-refractivity contribution >= 4 is 23.5 Å². The third-order valence-electron chi connectivity index (χ3n) is 6.41. The normalized spacial score (nSPS) is 17.3. The van der Waals surface area contributed by atoms with Crippen molar-refractivity contribution < 1.29 is 19.1 Å². The van der Waals surface area contributed by atoms with Crippen LogP contribution in [0.3, 0.4) is 0 Å². The molecule has 1 aromatic heterocycles. The van der Waals surface area contributed by atoms with Gasteiger partial charge in [0.15, 0.2) is 5.69 Å². The number of benzene rings is 2. The Hall–Kier alpha value is -3.94. The molecular weight excluding hydrogens is 432 g/mol. The Balaban J connectivity index is 1.76. The minimum absolute atomic E-state index is 0.0663. The van der Waals surface area contributed by atoms with E-state index in [-0.39, 0.29) is 23.8 Å². The molecule has 0 fully saturated rings. The van der Waals surface area contributed by atoms with E-state index in [1.165, 1.54) is 18.3 Å². The Labute approximate surface area is 198 Å². The number of nitrogens with one attached hydrogen (secondary N) is 1. The minimum Gasteiger partial charge on any atom is -0.464 e. The Morgan fingerprint density at radius 2 is 1.79 bits per heavy atom. The van der Waals surface area contributed by atoms with Gasteiger partial charge in [0.25, 0.3) is 5.91 Å². The molecule has 176 valence electrons. The number of anilines is 1. The van der Waals surface area contributed by atoms with E-state index in [1.807, 2.05) is 63.2 Å². The standard InChI is InChI=1S/C26H28N4O4/c1-16-6-9-19(10-7-16)13-27-25(33)26(4)14-29-15-28-21(24(32)34-5)22(29)23(31)30(26)20-11-8-17(2)18(3)12-20/h6-12,15H,13-14H2,1-5H3,(H,27,33)/t26-/m1/s1. The largest absolute Gasteiger partial charge is 0.464 e. The SMILES string of the molecule is COC(=O)c1ncn2c1C(=O)N(c1ccc(C)c(C)c1)[C@@](C)(C(=O)NCc1ccc(C)cc1)C2. The summed E-state index contributed by atoms with van der Waals surface area (Å²) in [5, 5.41) is 2.99. The Morgan fingerprint density at radius 3 is 2.44 bits per heavy atom. The van der Waals surface area contributed by atoms with Gasteiger partial charge in [0, 0.05) is 12.2 Å². The van der Waals surface area contributed by atoms with Gasteiger partial charge in [0.1, 0.15) is 11.2 Å². The number of hydrogen-bond acceptors (Lipinski definition) is 5. The first-order valence-corrected chi connectivity index (χ1v) is 11.0. The topological polar surface area (TPSA) is 93.5 Å². The van der Waals surface area contributed by atoms with Crippen LogP contribution in [0.25, 0.3) is 0 Å².